The molecular formula is C22H23ClO6. The Hall–Kier alpha value is -2.41. The van der Waals surface area contributed by atoms with Crippen LogP contribution in [0.15, 0.2) is 60.7 Å². The summed E-state index contributed by atoms with van der Waals surface area (Å²) in [6.45, 7) is 3.32. The van der Waals surface area contributed by atoms with E-state index in [0.29, 0.717) is 12.2 Å². The molecule has 1 saturated heterocycles. The van der Waals surface area contributed by atoms with Gasteiger partial charge in [-0.2, -0.15) is 0 Å². The van der Waals surface area contributed by atoms with Crippen LogP contribution in [0, 0.1) is 0 Å². The Morgan fingerprint density at radius 3 is 2.21 bits per heavy atom. The van der Waals surface area contributed by atoms with Gasteiger partial charge in [0.05, 0.1) is 18.3 Å². The van der Waals surface area contributed by atoms with E-state index in [1.54, 1.807) is 37.3 Å². The van der Waals surface area contributed by atoms with Crippen LogP contribution in [-0.2, 0) is 30.3 Å². The zero-order chi connectivity index (χ0) is 20.8. The summed E-state index contributed by atoms with van der Waals surface area (Å²) in [6, 6.07) is 18.2. The van der Waals surface area contributed by atoms with Crippen LogP contribution in [0.5, 0.6) is 0 Å². The molecule has 154 valence electrons. The van der Waals surface area contributed by atoms with Crippen LogP contribution in [0.1, 0.15) is 29.8 Å². The molecule has 29 heavy (non-hydrogen) atoms. The highest BCUT2D eigenvalue weighted by atomic mass is 35.5. The topological polar surface area (TPSA) is 71.1 Å². The molecule has 0 spiro atoms. The predicted molar refractivity (Wildman–Crippen MR) is 106 cm³/mol. The first-order chi connectivity index (χ1) is 14.0. The zero-order valence-corrected chi connectivity index (χ0v) is 17.0. The third kappa shape index (κ3) is 5.56. The lowest BCUT2D eigenvalue weighted by molar-refractivity contribution is -0.247. The fourth-order valence-corrected chi connectivity index (χ4v) is 3.42. The van der Waals surface area contributed by atoms with Crippen molar-refractivity contribution in [1.82, 2.24) is 0 Å². The minimum absolute atomic E-state index is 0.292. The second-order valence-corrected chi connectivity index (χ2v) is 7.26. The molecule has 7 heteroatoms. The van der Waals surface area contributed by atoms with Gasteiger partial charge in [-0.05, 0) is 24.6 Å². The normalized spacial score (nSPS) is 26.5. The minimum atomic E-state index is -1.05. The highest BCUT2D eigenvalue weighted by molar-refractivity contribution is 6.21. The van der Waals surface area contributed by atoms with Crippen molar-refractivity contribution in [3.05, 3.63) is 71.8 Å². The maximum atomic E-state index is 12.6. The largest absolute Gasteiger partial charge is 0.454 e. The lowest BCUT2D eigenvalue weighted by atomic mass is 10.0. The van der Waals surface area contributed by atoms with E-state index in [1.807, 2.05) is 30.3 Å². The number of hydrogen-bond acceptors (Lipinski definition) is 6. The van der Waals surface area contributed by atoms with Crippen LogP contribution >= 0.6 is 11.6 Å². The van der Waals surface area contributed by atoms with Gasteiger partial charge >= 0.3 is 11.9 Å². The van der Waals surface area contributed by atoms with Gasteiger partial charge in [0.15, 0.2) is 6.10 Å². The van der Waals surface area contributed by atoms with E-state index in [0.717, 1.165) is 5.56 Å². The Morgan fingerprint density at radius 1 is 0.966 bits per heavy atom. The molecule has 1 aliphatic rings. The lowest BCUT2D eigenvalue weighted by Crippen LogP contribution is -2.58. The van der Waals surface area contributed by atoms with Crippen molar-refractivity contribution >= 4 is 23.5 Å². The van der Waals surface area contributed by atoms with Crippen molar-refractivity contribution in [1.29, 1.82) is 0 Å². The molecule has 3 rings (SSSR count). The molecular weight excluding hydrogens is 396 g/mol. The van der Waals surface area contributed by atoms with Crippen LogP contribution < -0.4 is 0 Å². The van der Waals surface area contributed by atoms with Crippen molar-refractivity contribution in [2.45, 2.75) is 50.4 Å². The second-order valence-electron chi connectivity index (χ2n) is 6.76. The van der Waals surface area contributed by atoms with Gasteiger partial charge in [0, 0.05) is 6.92 Å². The Labute approximate surface area is 174 Å². The van der Waals surface area contributed by atoms with Gasteiger partial charge in [-0.3, -0.25) is 4.79 Å². The molecule has 0 amide bonds. The van der Waals surface area contributed by atoms with Gasteiger partial charge in [-0.1, -0.05) is 48.5 Å². The molecule has 0 aliphatic carbocycles. The van der Waals surface area contributed by atoms with Gasteiger partial charge < -0.3 is 18.9 Å². The fourth-order valence-electron chi connectivity index (χ4n) is 3.12. The maximum Gasteiger partial charge on any atom is 0.338 e. The molecule has 0 unspecified atom stereocenters. The maximum absolute atomic E-state index is 12.6. The molecule has 0 bridgehead atoms. The van der Waals surface area contributed by atoms with Gasteiger partial charge in [-0.25, -0.2) is 4.79 Å². The quantitative estimate of drug-likeness (QED) is 0.526. The molecule has 0 N–H and O–H groups in total. The first-order valence-electron chi connectivity index (χ1n) is 9.34. The van der Waals surface area contributed by atoms with Crippen LogP contribution in [0.4, 0.5) is 0 Å². The lowest BCUT2D eigenvalue weighted by Gasteiger charge is -2.42. The summed E-state index contributed by atoms with van der Waals surface area (Å²) < 4.78 is 22.6. The third-order valence-electron chi connectivity index (χ3n) is 4.53. The predicted octanol–water partition coefficient (Wildman–Crippen LogP) is 3.71. The van der Waals surface area contributed by atoms with Crippen molar-refractivity contribution in [2.24, 2.45) is 0 Å². The van der Waals surface area contributed by atoms with E-state index in [9.17, 15) is 9.59 Å². The Bertz CT molecular complexity index is 813. The van der Waals surface area contributed by atoms with Crippen molar-refractivity contribution in [3.63, 3.8) is 0 Å². The van der Waals surface area contributed by atoms with Gasteiger partial charge in [-0.15, -0.1) is 11.6 Å². The fraction of sp³-hybridized carbons (Fsp3) is 0.364. The zero-order valence-electron chi connectivity index (χ0n) is 16.2. The first-order valence-corrected chi connectivity index (χ1v) is 9.77. The SMILES string of the molecule is CC(=O)O[C@@H]1O[C@@H](C)[C@H](OCc2ccccc2)[C@@H](OC(=O)c2ccccc2)[C@H]1Cl. The molecule has 5 atom stereocenters. The average molecular weight is 419 g/mol. The summed E-state index contributed by atoms with van der Waals surface area (Å²) in [4.78, 5) is 24.0. The van der Waals surface area contributed by atoms with E-state index < -0.39 is 41.9 Å². The summed E-state index contributed by atoms with van der Waals surface area (Å²) in [5.41, 5.74) is 1.35. The Morgan fingerprint density at radius 2 is 1.59 bits per heavy atom. The Balaban J connectivity index is 1.79. The molecule has 2 aromatic rings. The highest BCUT2D eigenvalue weighted by Gasteiger charge is 2.48. The number of halogens is 1. The van der Waals surface area contributed by atoms with Crippen LogP contribution in [0.3, 0.4) is 0 Å². The van der Waals surface area contributed by atoms with Gasteiger partial charge in [0.2, 0.25) is 6.29 Å². The molecule has 1 heterocycles. The number of benzene rings is 2. The van der Waals surface area contributed by atoms with E-state index in [4.69, 9.17) is 30.5 Å². The second kappa shape index (κ2) is 9.87. The third-order valence-corrected chi connectivity index (χ3v) is 4.98. The summed E-state index contributed by atoms with van der Waals surface area (Å²) >= 11 is 6.51. The minimum Gasteiger partial charge on any atom is -0.454 e. The van der Waals surface area contributed by atoms with Gasteiger partial charge in [0.25, 0.3) is 0 Å². The standard InChI is InChI=1S/C22H23ClO6/c1-14-19(26-13-16-9-5-3-6-10-16)20(18(23)22(27-14)28-15(2)24)29-21(25)17-11-7-4-8-12-17/h3-12,14,18-20,22H,13H2,1-2H3/t14-,18+,19-,20-,22-/m0/s1. The molecule has 1 fully saturated rings. The molecule has 0 radical (unpaired) electrons. The number of carbonyl (C=O) groups is 2. The van der Waals surface area contributed by atoms with E-state index in [2.05, 4.69) is 0 Å². The van der Waals surface area contributed by atoms with Crippen LogP contribution in [-0.4, -0.2) is 41.9 Å². The average Bonchev–Trinajstić information content (AvgIpc) is 2.72. The van der Waals surface area contributed by atoms with Crippen molar-refractivity contribution in [2.75, 3.05) is 0 Å². The van der Waals surface area contributed by atoms with Crippen LogP contribution in [0.2, 0.25) is 0 Å². The molecule has 2 aromatic carbocycles. The van der Waals surface area contributed by atoms with E-state index in [1.165, 1.54) is 6.92 Å². The Kier molecular flexibility index (Phi) is 7.25. The van der Waals surface area contributed by atoms with E-state index in [-0.39, 0.29) is 0 Å². The summed E-state index contributed by atoms with van der Waals surface area (Å²) in [5.74, 6) is -1.07. The summed E-state index contributed by atoms with van der Waals surface area (Å²) in [5, 5.41) is -0.927. The molecule has 6 nitrogen and oxygen atoms in total. The molecule has 1 aliphatic heterocycles. The number of carbonyl (C=O) groups excluding carboxylic acids is 2. The van der Waals surface area contributed by atoms with Crippen LogP contribution in [0.25, 0.3) is 0 Å². The summed E-state index contributed by atoms with van der Waals surface area (Å²) in [6.07, 6.45) is -3.08. The van der Waals surface area contributed by atoms with Gasteiger partial charge in [0.1, 0.15) is 11.5 Å². The number of rotatable bonds is 6. The van der Waals surface area contributed by atoms with E-state index >= 15 is 0 Å². The number of esters is 2. The van der Waals surface area contributed by atoms with Crippen molar-refractivity contribution < 1.29 is 28.5 Å². The number of alkyl halides is 1. The van der Waals surface area contributed by atoms with Crippen molar-refractivity contribution in [3.8, 4) is 0 Å². The number of hydrogen-bond donors (Lipinski definition) is 0. The monoisotopic (exact) mass is 418 g/mol. The number of ether oxygens (including phenoxy) is 4. The smallest absolute Gasteiger partial charge is 0.338 e. The first kappa shape index (κ1) is 21.3. The molecule has 0 aromatic heterocycles. The summed E-state index contributed by atoms with van der Waals surface area (Å²) in [7, 11) is 0. The highest BCUT2D eigenvalue weighted by Crippen LogP contribution is 2.31. The molecule has 0 saturated carbocycles.